The zero-order valence-electron chi connectivity index (χ0n) is 9.20. The average Bonchev–Trinajstić information content (AvgIpc) is 2.29. The summed E-state index contributed by atoms with van der Waals surface area (Å²) in [6.07, 6.45) is 0.660. The molecule has 86 valence electrons. The van der Waals surface area contributed by atoms with E-state index in [0.29, 0.717) is 13.0 Å². The monoisotopic (exact) mass is 282 g/mol. The van der Waals surface area contributed by atoms with E-state index in [-0.39, 0.29) is 12.6 Å². The van der Waals surface area contributed by atoms with Crippen molar-refractivity contribution >= 4 is 15.9 Å². The number of aryl methyl sites for hydroxylation is 1. The lowest BCUT2D eigenvalue weighted by Crippen LogP contribution is -2.21. The molecule has 2 N–H and O–H groups in total. The third-order valence-corrected chi connectivity index (χ3v) is 3.22. The van der Waals surface area contributed by atoms with E-state index in [1.807, 2.05) is 25.1 Å². The van der Waals surface area contributed by atoms with Crippen molar-refractivity contribution in [2.75, 3.05) is 13.2 Å². The van der Waals surface area contributed by atoms with Gasteiger partial charge in [-0.05, 0) is 37.1 Å². The molecule has 0 radical (unpaired) electrons. The second kappa shape index (κ2) is 6.64. The summed E-state index contributed by atoms with van der Waals surface area (Å²) in [7, 11) is 0. The summed E-state index contributed by atoms with van der Waals surface area (Å²) in [5.74, 6) is 0. The third kappa shape index (κ3) is 3.60. The number of rotatable bonds is 5. The highest BCUT2D eigenvalue weighted by Gasteiger charge is 2.09. The number of aliphatic hydroxyl groups excluding tert-OH is 1. The molecular weight excluding hydrogens is 268 g/mol. The fraction of sp³-hybridized carbons (Fsp3) is 0.417. The first kappa shape index (κ1) is 13.2. The van der Waals surface area contributed by atoms with Crippen molar-refractivity contribution in [3.63, 3.8) is 0 Å². The SMILES string of the molecule is Cc1cc(C(C#N)NCCCO)ccc1Br. The van der Waals surface area contributed by atoms with Gasteiger partial charge in [0, 0.05) is 11.1 Å². The van der Waals surface area contributed by atoms with Crippen LogP contribution in [0, 0.1) is 18.3 Å². The van der Waals surface area contributed by atoms with Crippen molar-refractivity contribution in [1.29, 1.82) is 5.26 Å². The second-order valence-corrected chi connectivity index (χ2v) is 4.46. The zero-order chi connectivity index (χ0) is 12.0. The van der Waals surface area contributed by atoms with Crippen LogP contribution in [-0.4, -0.2) is 18.3 Å². The van der Waals surface area contributed by atoms with Crippen LogP contribution in [0.5, 0.6) is 0 Å². The van der Waals surface area contributed by atoms with E-state index in [1.54, 1.807) is 0 Å². The second-order valence-electron chi connectivity index (χ2n) is 3.60. The highest BCUT2D eigenvalue weighted by atomic mass is 79.9. The minimum absolute atomic E-state index is 0.143. The Labute approximate surface area is 104 Å². The van der Waals surface area contributed by atoms with Crippen LogP contribution in [0.2, 0.25) is 0 Å². The molecule has 0 saturated heterocycles. The summed E-state index contributed by atoms with van der Waals surface area (Å²) in [5.41, 5.74) is 2.07. The molecular formula is C12H15BrN2O. The number of halogens is 1. The molecule has 0 fully saturated rings. The minimum Gasteiger partial charge on any atom is -0.396 e. The van der Waals surface area contributed by atoms with E-state index in [0.717, 1.165) is 15.6 Å². The number of nitrogens with zero attached hydrogens (tertiary/aromatic N) is 1. The van der Waals surface area contributed by atoms with Crippen LogP contribution in [0.25, 0.3) is 0 Å². The summed E-state index contributed by atoms with van der Waals surface area (Å²) in [4.78, 5) is 0. The molecule has 1 aromatic rings. The van der Waals surface area contributed by atoms with Crippen LogP contribution < -0.4 is 5.32 Å². The summed E-state index contributed by atoms with van der Waals surface area (Å²) >= 11 is 3.43. The predicted octanol–water partition coefficient (Wildman–Crippen LogP) is 2.29. The van der Waals surface area contributed by atoms with Gasteiger partial charge in [-0.25, -0.2) is 0 Å². The van der Waals surface area contributed by atoms with Gasteiger partial charge in [0.1, 0.15) is 6.04 Å². The van der Waals surface area contributed by atoms with E-state index in [9.17, 15) is 0 Å². The van der Waals surface area contributed by atoms with E-state index in [4.69, 9.17) is 10.4 Å². The van der Waals surface area contributed by atoms with Crippen molar-refractivity contribution in [3.8, 4) is 6.07 Å². The Morgan fingerprint density at radius 1 is 1.56 bits per heavy atom. The van der Waals surface area contributed by atoms with Gasteiger partial charge in [-0.2, -0.15) is 5.26 Å². The Hall–Kier alpha value is -0.890. The number of hydrogen-bond acceptors (Lipinski definition) is 3. The molecule has 1 rings (SSSR count). The quantitative estimate of drug-likeness (QED) is 0.815. The number of nitrogens with one attached hydrogen (secondary N) is 1. The number of hydrogen-bond donors (Lipinski definition) is 2. The van der Waals surface area contributed by atoms with Crippen molar-refractivity contribution in [2.24, 2.45) is 0 Å². The smallest absolute Gasteiger partial charge is 0.121 e. The standard InChI is InChI=1S/C12H15BrN2O/c1-9-7-10(3-4-11(9)13)12(8-14)15-5-2-6-16/h3-4,7,12,15-16H,2,5-6H2,1H3. The van der Waals surface area contributed by atoms with Gasteiger partial charge in [0.15, 0.2) is 0 Å². The molecule has 0 aliphatic carbocycles. The van der Waals surface area contributed by atoms with E-state index in [1.165, 1.54) is 0 Å². The summed E-state index contributed by atoms with van der Waals surface area (Å²) in [6.45, 7) is 2.78. The van der Waals surface area contributed by atoms with Crippen molar-refractivity contribution in [3.05, 3.63) is 33.8 Å². The molecule has 1 atom stereocenters. The molecule has 1 aromatic carbocycles. The maximum absolute atomic E-state index is 9.05. The molecule has 3 nitrogen and oxygen atoms in total. The average molecular weight is 283 g/mol. The normalized spacial score (nSPS) is 12.1. The minimum atomic E-state index is -0.307. The molecule has 0 bridgehead atoms. The van der Waals surface area contributed by atoms with Gasteiger partial charge in [-0.1, -0.05) is 28.1 Å². The molecule has 16 heavy (non-hydrogen) atoms. The fourth-order valence-corrected chi connectivity index (χ4v) is 1.66. The Balaban J connectivity index is 2.72. The van der Waals surface area contributed by atoms with Crippen molar-refractivity contribution < 1.29 is 5.11 Å². The molecule has 0 spiro atoms. The van der Waals surface area contributed by atoms with Crippen molar-refractivity contribution in [2.45, 2.75) is 19.4 Å². The van der Waals surface area contributed by atoms with Crippen LogP contribution in [0.15, 0.2) is 22.7 Å². The summed E-state index contributed by atoms with van der Waals surface area (Å²) in [5, 5.41) is 20.8. The highest BCUT2D eigenvalue weighted by molar-refractivity contribution is 9.10. The Kier molecular flexibility index (Phi) is 5.47. The maximum atomic E-state index is 9.05. The Bertz CT molecular complexity index is 387. The van der Waals surface area contributed by atoms with Crippen LogP contribution in [0.3, 0.4) is 0 Å². The third-order valence-electron chi connectivity index (χ3n) is 2.33. The van der Waals surface area contributed by atoms with Crippen LogP contribution in [0.4, 0.5) is 0 Å². The van der Waals surface area contributed by atoms with Gasteiger partial charge in [-0.15, -0.1) is 0 Å². The van der Waals surface area contributed by atoms with Gasteiger partial charge in [0.25, 0.3) is 0 Å². The molecule has 0 heterocycles. The molecule has 0 aliphatic heterocycles. The Morgan fingerprint density at radius 2 is 2.31 bits per heavy atom. The first-order valence-corrected chi connectivity index (χ1v) is 5.98. The number of aliphatic hydroxyl groups is 1. The van der Waals surface area contributed by atoms with Crippen LogP contribution in [0.1, 0.15) is 23.6 Å². The van der Waals surface area contributed by atoms with Gasteiger partial charge in [0.05, 0.1) is 6.07 Å². The number of nitriles is 1. The highest BCUT2D eigenvalue weighted by Crippen LogP contribution is 2.20. The van der Waals surface area contributed by atoms with Gasteiger partial charge in [0.2, 0.25) is 0 Å². The molecule has 1 unspecified atom stereocenters. The van der Waals surface area contributed by atoms with Crippen molar-refractivity contribution in [1.82, 2.24) is 5.32 Å². The summed E-state index contributed by atoms with van der Waals surface area (Å²) < 4.78 is 1.04. The Morgan fingerprint density at radius 3 is 2.88 bits per heavy atom. The molecule has 0 aliphatic rings. The lowest BCUT2D eigenvalue weighted by molar-refractivity contribution is 0.285. The largest absolute Gasteiger partial charge is 0.396 e. The molecule has 0 amide bonds. The predicted molar refractivity (Wildman–Crippen MR) is 66.9 cm³/mol. The van der Waals surface area contributed by atoms with E-state index in [2.05, 4.69) is 27.3 Å². The molecule has 0 aromatic heterocycles. The van der Waals surface area contributed by atoms with Gasteiger partial charge < -0.3 is 5.11 Å². The van der Waals surface area contributed by atoms with E-state index >= 15 is 0 Å². The zero-order valence-corrected chi connectivity index (χ0v) is 10.8. The molecule has 4 heteroatoms. The lowest BCUT2D eigenvalue weighted by atomic mass is 10.1. The van der Waals surface area contributed by atoms with Gasteiger partial charge >= 0.3 is 0 Å². The van der Waals surface area contributed by atoms with Crippen LogP contribution in [-0.2, 0) is 0 Å². The maximum Gasteiger partial charge on any atom is 0.121 e. The first-order valence-electron chi connectivity index (χ1n) is 5.19. The van der Waals surface area contributed by atoms with Gasteiger partial charge in [-0.3, -0.25) is 5.32 Å². The number of benzene rings is 1. The lowest BCUT2D eigenvalue weighted by Gasteiger charge is -2.12. The van der Waals surface area contributed by atoms with Crippen LogP contribution >= 0.6 is 15.9 Å². The van der Waals surface area contributed by atoms with E-state index < -0.39 is 0 Å². The first-order chi connectivity index (χ1) is 7.69. The fourth-order valence-electron chi connectivity index (χ4n) is 1.41. The molecule has 0 saturated carbocycles. The summed E-state index contributed by atoms with van der Waals surface area (Å²) in [6, 6.07) is 7.77. The topological polar surface area (TPSA) is 56.0 Å².